The summed E-state index contributed by atoms with van der Waals surface area (Å²) < 4.78 is 19.6. The number of para-hydroxylation sites is 3. The molecule has 0 fully saturated rings. The van der Waals surface area contributed by atoms with Crippen molar-refractivity contribution in [1.29, 1.82) is 0 Å². The van der Waals surface area contributed by atoms with E-state index in [-0.39, 0.29) is 16.2 Å². The van der Waals surface area contributed by atoms with Crippen molar-refractivity contribution in [3.8, 4) is 147 Å². The van der Waals surface area contributed by atoms with Crippen LogP contribution in [0.4, 0.5) is 0 Å². The molecule has 13 nitrogen and oxygen atoms in total. The van der Waals surface area contributed by atoms with E-state index in [1.165, 1.54) is 77.7 Å². The van der Waals surface area contributed by atoms with Gasteiger partial charge in [-0.1, -0.05) is 345 Å². The van der Waals surface area contributed by atoms with E-state index in [1.54, 1.807) is 6.20 Å². The van der Waals surface area contributed by atoms with Crippen molar-refractivity contribution >= 4 is 65.8 Å². The molecular formula is C113H78N10O3. The van der Waals surface area contributed by atoms with Crippen LogP contribution in [0.5, 0.6) is 0 Å². The van der Waals surface area contributed by atoms with Gasteiger partial charge < -0.3 is 13.3 Å². The van der Waals surface area contributed by atoms with Crippen molar-refractivity contribution in [2.75, 3.05) is 0 Å². The van der Waals surface area contributed by atoms with Crippen LogP contribution in [0.1, 0.15) is 74.9 Å². The Morgan fingerprint density at radius 3 is 1.01 bits per heavy atom. The molecule has 0 amide bonds. The Bertz CT molecular complexity index is 7630. The van der Waals surface area contributed by atoms with E-state index in [2.05, 4.69) is 204 Å². The van der Waals surface area contributed by atoms with Crippen molar-refractivity contribution in [2.45, 2.75) is 57.8 Å². The van der Waals surface area contributed by atoms with Gasteiger partial charge in [0.25, 0.3) is 0 Å². The van der Waals surface area contributed by atoms with Gasteiger partial charge in [-0.3, -0.25) is 4.98 Å². The molecule has 13 heteroatoms. The number of furan rings is 3. The highest BCUT2D eigenvalue weighted by Crippen LogP contribution is 2.59. The number of pyridine rings is 1. The Hall–Kier alpha value is -16.1. The Morgan fingerprint density at radius 2 is 0.548 bits per heavy atom. The Balaban J connectivity index is 0.000000109. The predicted octanol–water partition coefficient (Wildman–Crippen LogP) is 28.3. The molecule has 3 aliphatic carbocycles. The standard InChI is InChI=1S/C42H29N3O.C36H25N3O.C35H24N4O/c1-42(2)33-23-24-35-37(31-19-9-10-22-34(31)46-35)36(33)32-21-12-20-30(38(32)42)28-17-11-18-29(25-28)41-44-39(26-13-5-3-6-14-26)43-40(45-41)27-15-7-4-8-16-27;1-36(2)27-19-11-9-17-24(27)30-28(36)21-26(32-31(30)25-18-10-12-20-29(25)40-32)35-38-33(22-13-5-3-6-14-22)37-34(39-35)23-15-7-4-8-16-23;1-35(2)25-16-8-6-14-22(25)29-26(35)20-24(31-30(29)23-15-7-9-18-28(23)40-31)33-37-32(21-12-4-3-5-13-21)38-34(39-33)27-17-10-11-19-36-27/h3-25H,1-2H3;3-21H,1-2H3;3-20H,1-2H3. The first kappa shape index (κ1) is 74.9. The Labute approximate surface area is 726 Å². The van der Waals surface area contributed by atoms with E-state index in [1.807, 2.05) is 200 Å². The maximum Gasteiger partial charge on any atom is 0.182 e. The van der Waals surface area contributed by atoms with E-state index < -0.39 is 0 Å². The molecule has 0 aliphatic heterocycles. The summed E-state index contributed by atoms with van der Waals surface area (Å²) in [7, 11) is 0. The molecule has 25 rings (SSSR count). The number of benzene rings is 15. The summed E-state index contributed by atoms with van der Waals surface area (Å²) in [6, 6.07) is 123. The van der Waals surface area contributed by atoms with Crippen LogP contribution in [0.15, 0.2) is 377 Å². The maximum absolute atomic E-state index is 6.64. The van der Waals surface area contributed by atoms with Gasteiger partial charge in [-0.25, -0.2) is 44.9 Å². The Kier molecular flexibility index (Phi) is 17.6. The van der Waals surface area contributed by atoms with Gasteiger partial charge in [-0.2, -0.15) is 0 Å². The summed E-state index contributed by atoms with van der Waals surface area (Å²) in [6.45, 7) is 13.9. The largest absolute Gasteiger partial charge is 0.456 e. The second kappa shape index (κ2) is 29.6. The van der Waals surface area contributed by atoms with Crippen LogP contribution in [0.25, 0.3) is 213 Å². The highest BCUT2D eigenvalue weighted by Gasteiger charge is 2.43. The van der Waals surface area contributed by atoms with Crippen molar-refractivity contribution in [1.82, 2.24) is 49.8 Å². The van der Waals surface area contributed by atoms with Crippen LogP contribution in [0.2, 0.25) is 0 Å². The lowest BCUT2D eigenvalue weighted by Crippen LogP contribution is -2.16. The quantitative estimate of drug-likeness (QED) is 0.127. The number of hydrogen-bond donors (Lipinski definition) is 0. The number of hydrogen-bond acceptors (Lipinski definition) is 13. The summed E-state index contributed by atoms with van der Waals surface area (Å²) >= 11 is 0. The fourth-order valence-corrected chi connectivity index (χ4v) is 19.4. The van der Waals surface area contributed by atoms with Gasteiger partial charge in [0, 0.05) is 88.1 Å². The third kappa shape index (κ3) is 12.4. The third-order valence-corrected chi connectivity index (χ3v) is 25.4. The van der Waals surface area contributed by atoms with Crippen LogP contribution in [-0.4, -0.2) is 49.8 Å². The number of rotatable bonds is 10. The molecule has 0 spiro atoms. The topological polar surface area (TPSA) is 168 Å². The lowest BCUT2D eigenvalue weighted by molar-refractivity contribution is 0.656. The molecule has 0 saturated heterocycles. The minimum Gasteiger partial charge on any atom is -0.456 e. The van der Waals surface area contributed by atoms with Crippen LogP contribution in [-0.2, 0) is 16.2 Å². The molecule has 7 aromatic heterocycles. The molecule has 598 valence electrons. The van der Waals surface area contributed by atoms with Crippen molar-refractivity contribution in [3.63, 3.8) is 0 Å². The molecule has 22 aromatic rings. The van der Waals surface area contributed by atoms with Gasteiger partial charge in [0.05, 0.1) is 11.1 Å². The van der Waals surface area contributed by atoms with Crippen LogP contribution >= 0.6 is 0 Å². The monoisotopic (exact) mass is 1620 g/mol. The van der Waals surface area contributed by atoms with Crippen LogP contribution in [0.3, 0.4) is 0 Å². The number of fused-ring (bicyclic) bond motifs is 21. The molecule has 0 unspecified atom stereocenters. The summed E-state index contributed by atoms with van der Waals surface area (Å²) in [5.41, 5.74) is 30.2. The minimum atomic E-state index is -0.210. The zero-order valence-corrected chi connectivity index (χ0v) is 69.8. The van der Waals surface area contributed by atoms with E-state index in [9.17, 15) is 0 Å². The second-order valence-corrected chi connectivity index (χ2v) is 34.0. The molecule has 0 atom stereocenters. The lowest BCUT2D eigenvalue weighted by Gasteiger charge is -2.24. The Morgan fingerprint density at radius 1 is 0.206 bits per heavy atom. The van der Waals surface area contributed by atoms with Crippen molar-refractivity contribution in [2.24, 2.45) is 0 Å². The molecule has 0 radical (unpaired) electrons. The molecule has 0 N–H and O–H groups in total. The normalized spacial score (nSPS) is 13.3. The summed E-state index contributed by atoms with van der Waals surface area (Å²) in [5.74, 6) is 5.52. The highest BCUT2D eigenvalue weighted by molar-refractivity contribution is 6.21. The molecule has 15 aromatic carbocycles. The van der Waals surface area contributed by atoms with E-state index >= 15 is 0 Å². The summed E-state index contributed by atoms with van der Waals surface area (Å²) in [6.07, 6.45) is 1.76. The highest BCUT2D eigenvalue weighted by atomic mass is 16.3. The van der Waals surface area contributed by atoms with Gasteiger partial charge in [0.15, 0.2) is 52.4 Å². The first-order chi connectivity index (χ1) is 61.7. The molecule has 0 bridgehead atoms. The maximum atomic E-state index is 6.64. The predicted molar refractivity (Wildman–Crippen MR) is 506 cm³/mol. The second-order valence-electron chi connectivity index (χ2n) is 34.0. The van der Waals surface area contributed by atoms with Crippen LogP contribution in [0, 0.1) is 0 Å². The molecule has 3 aliphatic rings. The van der Waals surface area contributed by atoms with Gasteiger partial charge in [-0.05, 0) is 132 Å². The molecule has 7 heterocycles. The zero-order valence-electron chi connectivity index (χ0n) is 69.8. The first-order valence-electron chi connectivity index (χ1n) is 42.6. The van der Waals surface area contributed by atoms with E-state index in [0.717, 1.165) is 111 Å². The van der Waals surface area contributed by atoms with Gasteiger partial charge in [-0.15, -0.1) is 0 Å². The number of nitrogens with zero attached hydrogens (tertiary/aromatic N) is 10. The smallest absolute Gasteiger partial charge is 0.182 e. The minimum absolute atomic E-state index is 0.190. The van der Waals surface area contributed by atoms with Gasteiger partial charge in [0.1, 0.15) is 39.2 Å². The molecule has 0 saturated carbocycles. The first-order valence-corrected chi connectivity index (χ1v) is 42.6. The third-order valence-electron chi connectivity index (χ3n) is 25.4. The average Bonchev–Trinajstić information content (AvgIpc) is 1.55. The summed E-state index contributed by atoms with van der Waals surface area (Å²) in [5, 5.41) is 6.75. The SMILES string of the molecule is CC1(C)c2ccc3oc4ccccc4c3c2-c2cccc(-c3cccc(-c4nc(-c5ccccc5)nc(-c5ccccc5)n4)c3)c21.CC1(C)c2ccccc2-c2c1cc(-c1nc(-c3ccccc3)nc(-c3ccccc3)n1)c1oc3ccccc3c21.CC1(C)c2ccccc2-c2c1cc(-c1nc(-c3ccccc3)nc(-c3ccccn3)n1)c1oc3ccccc3c21. The average molecular weight is 1620 g/mol. The number of aromatic nitrogens is 10. The van der Waals surface area contributed by atoms with Crippen LogP contribution < -0.4 is 0 Å². The lowest BCUT2D eigenvalue weighted by atomic mass is 9.78. The molecule has 126 heavy (non-hydrogen) atoms. The fourth-order valence-electron chi connectivity index (χ4n) is 19.4. The van der Waals surface area contributed by atoms with Gasteiger partial charge in [0.2, 0.25) is 0 Å². The van der Waals surface area contributed by atoms with Crippen molar-refractivity contribution < 1.29 is 13.3 Å². The summed E-state index contributed by atoms with van der Waals surface area (Å²) in [4.78, 5) is 49.3. The van der Waals surface area contributed by atoms with E-state index in [0.29, 0.717) is 58.1 Å². The van der Waals surface area contributed by atoms with Gasteiger partial charge >= 0.3 is 0 Å². The molecular weight excluding hydrogens is 1550 g/mol. The fraction of sp³-hybridized carbons (Fsp3) is 0.0796. The van der Waals surface area contributed by atoms with E-state index in [4.69, 9.17) is 58.1 Å². The van der Waals surface area contributed by atoms with Crippen molar-refractivity contribution in [3.05, 3.63) is 397 Å². The zero-order chi connectivity index (χ0) is 84.5.